The van der Waals surface area contributed by atoms with E-state index < -0.39 is 18.3 Å². The predicted octanol–water partition coefficient (Wildman–Crippen LogP) is 2.23. The van der Waals surface area contributed by atoms with E-state index in [0.717, 1.165) is 6.42 Å². The molecule has 4 N–H and O–H groups in total. The normalized spacial score (nSPS) is 19.4. The van der Waals surface area contributed by atoms with E-state index in [9.17, 15) is 15.3 Å². The van der Waals surface area contributed by atoms with Crippen LogP contribution in [0.15, 0.2) is 0 Å². The number of hydrogen-bond acceptors (Lipinski definition) is 4. The van der Waals surface area contributed by atoms with Crippen LogP contribution in [0.1, 0.15) is 72.1 Å². The van der Waals surface area contributed by atoms with E-state index in [0.29, 0.717) is 44.9 Å². The van der Waals surface area contributed by atoms with E-state index in [1.165, 1.54) is 0 Å². The van der Waals surface area contributed by atoms with Crippen LogP contribution in [0.4, 0.5) is 0 Å². The highest BCUT2D eigenvalue weighted by Crippen LogP contribution is 2.41. The molecule has 122 valence electrons. The van der Waals surface area contributed by atoms with Crippen LogP contribution in [0, 0.1) is 5.41 Å². The maximum atomic E-state index is 10.0. The standard InChI is InChI=1S/C16H34O4/c1-4-13(18)10-16(8-7-9-17,11-14(19)5-2)12-15(20)6-3/h13-15,17-20H,4-12H2,1-3H3. The minimum Gasteiger partial charge on any atom is -0.396 e. The largest absolute Gasteiger partial charge is 0.396 e. The molecule has 0 saturated carbocycles. The third-order valence-electron chi connectivity index (χ3n) is 4.28. The minimum absolute atomic E-state index is 0.106. The second kappa shape index (κ2) is 10.6. The maximum Gasteiger partial charge on any atom is 0.0543 e. The monoisotopic (exact) mass is 290 g/mol. The van der Waals surface area contributed by atoms with Crippen LogP contribution in [0.25, 0.3) is 0 Å². The zero-order chi connectivity index (χ0) is 15.6. The van der Waals surface area contributed by atoms with Crippen LogP contribution < -0.4 is 0 Å². The van der Waals surface area contributed by atoms with Gasteiger partial charge in [-0.3, -0.25) is 0 Å². The summed E-state index contributed by atoms with van der Waals surface area (Å²) in [6, 6.07) is 0. The summed E-state index contributed by atoms with van der Waals surface area (Å²) in [5, 5.41) is 39.2. The van der Waals surface area contributed by atoms with Crippen molar-refractivity contribution in [3.8, 4) is 0 Å². The Morgan fingerprint density at radius 1 is 0.750 bits per heavy atom. The molecule has 0 aliphatic heterocycles. The lowest BCUT2D eigenvalue weighted by Gasteiger charge is -2.38. The highest BCUT2D eigenvalue weighted by Gasteiger charge is 2.35. The molecule has 0 rings (SSSR count). The van der Waals surface area contributed by atoms with Gasteiger partial charge >= 0.3 is 0 Å². The Kier molecular flexibility index (Phi) is 10.5. The van der Waals surface area contributed by atoms with Gasteiger partial charge in [0.1, 0.15) is 0 Å². The first kappa shape index (κ1) is 19.8. The zero-order valence-corrected chi connectivity index (χ0v) is 13.4. The van der Waals surface area contributed by atoms with E-state index in [4.69, 9.17) is 5.11 Å². The first-order chi connectivity index (χ1) is 9.42. The fraction of sp³-hybridized carbons (Fsp3) is 1.00. The number of rotatable bonds is 12. The second-order valence-electron chi connectivity index (χ2n) is 6.13. The van der Waals surface area contributed by atoms with E-state index in [1.807, 2.05) is 20.8 Å². The summed E-state index contributed by atoms with van der Waals surface area (Å²) in [6.07, 6.45) is 3.89. The van der Waals surface area contributed by atoms with Crippen molar-refractivity contribution in [2.75, 3.05) is 6.61 Å². The fourth-order valence-corrected chi connectivity index (χ4v) is 2.94. The molecule has 4 nitrogen and oxygen atoms in total. The molecule has 0 aliphatic rings. The van der Waals surface area contributed by atoms with Gasteiger partial charge in [0.15, 0.2) is 0 Å². The van der Waals surface area contributed by atoms with Crippen LogP contribution in [-0.4, -0.2) is 45.3 Å². The average Bonchev–Trinajstić information content (AvgIpc) is 2.44. The zero-order valence-electron chi connectivity index (χ0n) is 13.4. The van der Waals surface area contributed by atoms with Gasteiger partial charge in [0, 0.05) is 6.61 Å². The van der Waals surface area contributed by atoms with Crippen molar-refractivity contribution in [3.05, 3.63) is 0 Å². The first-order valence-electron chi connectivity index (χ1n) is 8.08. The molecule has 0 aliphatic carbocycles. The molecule has 4 heteroatoms. The molecule has 0 fully saturated rings. The Balaban J connectivity index is 5.03. The van der Waals surface area contributed by atoms with Crippen molar-refractivity contribution >= 4 is 0 Å². The summed E-state index contributed by atoms with van der Waals surface area (Å²) in [5.41, 5.74) is -0.289. The van der Waals surface area contributed by atoms with Crippen LogP contribution >= 0.6 is 0 Å². The van der Waals surface area contributed by atoms with Crippen molar-refractivity contribution in [1.29, 1.82) is 0 Å². The summed E-state index contributed by atoms with van der Waals surface area (Å²) in [5.74, 6) is 0. The third kappa shape index (κ3) is 7.58. The molecule has 0 aromatic rings. The van der Waals surface area contributed by atoms with Crippen molar-refractivity contribution < 1.29 is 20.4 Å². The summed E-state index contributed by atoms with van der Waals surface area (Å²) in [6.45, 7) is 5.92. The first-order valence-corrected chi connectivity index (χ1v) is 8.08. The number of hydrogen-bond donors (Lipinski definition) is 4. The summed E-state index contributed by atoms with van der Waals surface area (Å²) < 4.78 is 0. The summed E-state index contributed by atoms with van der Waals surface area (Å²) in [7, 11) is 0. The molecule has 0 spiro atoms. The summed E-state index contributed by atoms with van der Waals surface area (Å²) >= 11 is 0. The van der Waals surface area contributed by atoms with Gasteiger partial charge in [0.05, 0.1) is 18.3 Å². The SMILES string of the molecule is CCC(O)CC(CCCO)(CC(O)CC)CC(O)CC. The Hall–Kier alpha value is -0.160. The highest BCUT2D eigenvalue weighted by molar-refractivity contribution is 4.86. The molecule has 20 heavy (non-hydrogen) atoms. The van der Waals surface area contributed by atoms with Gasteiger partial charge in [0.2, 0.25) is 0 Å². The van der Waals surface area contributed by atoms with E-state index in [1.54, 1.807) is 0 Å². The Morgan fingerprint density at radius 3 is 1.35 bits per heavy atom. The van der Waals surface area contributed by atoms with Gasteiger partial charge < -0.3 is 20.4 Å². The second-order valence-corrected chi connectivity index (χ2v) is 6.13. The average molecular weight is 290 g/mol. The number of aliphatic hydroxyl groups is 4. The maximum absolute atomic E-state index is 10.0. The molecule has 0 saturated heterocycles. The van der Waals surface area contributed by atoms with Crippen molar-refractivity contribution in [2.45, 2.75) is 90.4 Å². The van der Waals surface area contributed by atoms with E-state index in [-0.39, 0.29) is 12.0 Å². The summed E-state index contributed by atoms with van der Waals surface area (Å²) in [4.78, 5) is 0. The Morgan fingerprint density at radius 2 is 1.10 bits per heavy atom. The molecular formula is C16H34O4. The third-order valence-corrected chi connectivity index (χ3v) is 4.28. The van der Waals surface area contributed by atoms with Crippen LogP contribution in [-0.2, 0) is 0 Å². The van der Waals surface area contributed by atoms with Crippen LogP contribution in [0.5, 0.6) is 0 Å². The smallest absolute Gasteiger partial charge is 0.0543 e. The molecule has 3 unspecified atom stereocenters. The van der Waals surface area contributed by atoms with Crippen LogP contribution in [0.3, 0.4) is 0 Å². The lowest BCUT2D eigenvalue weighted by atomic mass is 9.69. The molecule has 0 amide bonds. The molecule has 0 radical (unpaired) electrons. The molecule has 0 aromatic heterocycles. The molecule has 0 bridgehead atoms. The number of aliphatic hydroxyl groups excluding tert-OH is 4. The predicted molar refractivity (Wildman–Crippen MR) is 81.5 cm³/mol. The molecule has 0 heterocycles. The Labute approximate surface area is 123 Å². The fourth-order valence-electron chi connectivity index (χ4n) is 2.94. The van der Waals surface area contributed by atoms with Gasteiger partial charge in [0.25, 0.3) is 0 Å². The van der Waals surface area contributed by atoms with Crippen molar-refractivity contribution in [2.24, 2.45) is 5.41 Å². The Bertz CT molecular complexity index is 201. The van der Waals surface area contributed by atoms with E-state index in [2.05, 4.69) is 0 Å². The molecule has 0 aromatic carbocycles. The van der Waals surface area contributed by atoms with Gasteiger partial charge in [-0.25, -0.2) is 0 Å². The lowest BCUT2D eigenvalue weighted by Crippen LogP contribution is -2.34. The minimum atomic E-state index is -0.415. The van der Waals surface area contributed by atoms with Crippen LogP contribution in [0.2, 0.25) is 0 Å². The highest BCUT2D eigenvalue weighted by atomic mass is 16.3. The van der Waals surface area contributed by atoms with Crippen molar-refractivity contribution in [1.82, 2.24) is 0 Å². The van der Waals surface area contributed by atoms with E-state index >= 15 is 0 Å². The van der Waals surface area contributed by atoms with Crippen molar-refractivity contribution in [3.63, 3.8) is 0 Å². The topological polar surface area (TPSA) is 80.9 Å². The van der Waals surface area contributed by atoms with Gasteiger partial charge in [-0.05, 0) is 56.8 Å². The molecule has 3 atom stereocenters. The molecular weight excluding hydrogens is 256 g/mol. The quantitative estimate of drug-likeness (QED) is 0.444. The van der Waals surface area contributed by atoms with Gasteiger partial charge in [-0.1, -0.05) is 20.8 Å². The van der Waals surface area contributed by atoms with Gasteiger partial charge in [-0.15, -0.1) is 0 Å². The lowest BCUT2D eigenvalue weighted by molar-refractivity contribution is -0.00179. The van der Waals surface area contributed by atoms with Gasteiger partial charge in [-0.2, -0.15) is 0 Å².